The van der Waals surface area contributed by atoms with Crippen LogP contribution in [0.15, 0.2) is 18.2 Å². The van der Waals surface area contributed by atoms with Crippen molar-refractivity contribution in [3.05, 3.63) is 35.4 Å². The molecule has 0 unspecified atom stereocenters. The predicted octanol–water partition coefficient (Wildman–Crippen LogP) is 1.30. The molecule has 1 heterocycles. The van der Waals surface area contributed by atoms with Gasteiger partial charge < -0.3 is 0 Å². The number of amides is 2. The second-order valence-corrected chi connectivity index (χ2v) is 3.92. The zero-order valence-electron chi connectivity index (χ0n) is 9.28. The van der Waals surface area contributed by atoms with Crippen LogP contribution in [0, 0.1) is 11.6 Å². The van der Waals surface area contributed by atoms with E-state index in [-0.39, 0.29) is 18.4 Å². The molecule has 0 aromatic heterocycles. The number of nitrogens with zero attached hydrogens (tertiary/aromatic N) is 1. The van der Waals surface area contributed by atoms with E-state index in [0.717, 1.165) is 17.0 Å². The topological polar surface area (TPSA) is 54.5 Å². The van der Waals surface area contributed by atoms with E-state index in [1.807, 2.05) is 0 Å². The van der Waals surface area contributed by atoms with Crippen LogP contribution in [0.3, 0.4) is 0 Å². The molecule has 0 bridgehead atoms. The summed E-state index contributed by atoms with van der Waals surface area (Å²) in [6, 6.07) is 2.53. The molecule has 94 valence electrons. The number of halogens is 2. The summed E-state index contributed by atoms with van der Waals surface area (Å²) in [5, 5.41) is 0. The minimum atomic E-state index is -1.00. The molecule has 4 nitrogen and oxygen atoms in total. The molecule has 1 saturated heterocycles. The molecule has 0 N–H and O–H groups in total. The second-order valence-electron chi connectivity index (χ2n) is 3.92. The monoisotopic (exact) mass is 253 g/mol. The minimum absolute atomic E-state index is 0.0675. The Morgan fingerprint density at radius 1 is 1.17 bits per heavy atom. The molecule has 1 fully saturated rings. The van der Waals surface area contributed by atoms with Gasteiger partial charge in [0.1, 0.15) is 11.6 Å². The number of Topliss-reactive ketones (excluding diaryl/α,β-unsaturated/α-hetero) is 1. The molecule has 1 aliphatic rings. The van der Waals surface area contributed by atoms with Crippen molar-refractivity contribution in [1.29, 1.82) is 0 Å². The summed E-state index contributed by atoms with van der Waals surface area (Å²) in [4.78, 5) is 35.1. The highest BCUT2D eigenvalue weighted by Gasteiger charge is 2.31. The van der Waals surface area contributed by atoms with Crippen molar-refractivity contribution in [2.45, 2.75) is 12.8 Å². The van der Waals surface area contributed by atoms with Gasteiger partial charge in [0.25, 0.3) is 0 Å². The maximum atomic E-state index is 13.3. The maximum absolute atomic E-state index is 13.3. The lowest BCUT2D eigenvalue weighted by Crippen LogP contribution is -2.34. The normalized spacial score (nSPS) is 15.3. The number of rotatable bonds is 3. The number of hydrogen-bond donors (Lipinski definition) is 0. The van der Waals surface area contributed by atoms with Crippen molar-refractivity contribution < 1.29 is 23.2 Å². The summed E-state index contributed by atoms with van der Waals surface area (Å²) >= 11 is 0. The molecular weight excluding hydrogens is 244 g/mol. The molecule has 0 spiro atoms. The Kier molecular flexibility index (Phi) is 3.18. The van der Waals surface area contributed by atoms with Crippen molar-refractivity contribution in [1.82, 2.24) is 4.90 Å². The predicted molar refractivity (Wildman–Crippen MR) is 56.6 cm³/mol. The first kappa shape index (κ1) is 12.3. The van der Waals surface area contributed by atoms with Gasteiger partial charge in [0.2, 0.25) is 11.8 Å². The van der Waals surface area contributed by atoms with Gasteiger partial charge in [-0.05, 0) is 12.1 Å². The Morgan fingerprint density at radius 2 is 1.78 bits per heavy atom. The highest BCUT2D eigenvalue weighted by molar-refractivity contribution is 6.07. The highest BCUT2D eigenvalue weighted by Crippen LogP contribution is 2.15. The van der Waals surface area contributed by atoms with Gasteiger partial charge >= 0.3 is 0 Å². The Labute approximate surface area is 101 Å². The van der Waals surface area contributed by atoms with Crippen LogP contribution in [0.5, 0.6) is 0 Å². The average molecular weight is 253 g/mol. The van der Waals surface area contributed by atoms with Crippen molar-refractivity contribution in [2.24, 2.45) is 0 Å². The van der Waals surface area contributed by atoms with E-state index in [4.69, 9.17) is 0 Å². The van der Waals surface area contributed by atoms with Crippen LogP contribution in [0.4, 0.5) is 8.78 Å². The molecule has 1 aromatic rings. The van der Waals surface area contributed by atoms with Crippen LogP contribution in [-0.2, 0) is 9.59 Å². The third-order valence-corrected chi connectivity index (χ3v) is 2.69. The van der Waals surface area contributed by atoms with E-state index in [1.54, 1.807) is 0 Å². The first-order chi connectivity index (χ1) is 8.49. The molecule has 1 aromatic carbocycles. The number of likely N-dealkylation sites (tertiary alicyclic amines) is 1. The van der Waals surface area contributed by atoms with E-state index in [1.165, 1.54) is 0 Å². The largest absolute Gasteiger partial charge is 0.292 e. The van der Waals surface area contributed by atoms with E-state index >= 15 is 0 Å². The third kappa shape index (κ3) is 2.27. The Hall–Kier alpha value is -2.11. The van der Waals surface area contributed by atoms with Crippen LogP contribution in [0.25, 0.3) is 0 Å². The SMILES string of the molecule is O=C(CN1C(=O)CCC1=O)c1ccc(F)cc1F. The van der Waals surface area contributed by atoms with Crippen molar-refractivity contribution in [3.8, 4) is 0 Å². The number of carbonyl (C=O) groups is 3. The van der Waals surface area contributed by atoms with E-state index in [0.29, 0.717) is 6.07 Å². The molecule has 1 aliphatic heterocycles. The van der Waals surface area contributed by atoms with Crippen LogP contribution in [-0.4, -0.2) is 29.0 Å². The van der Waals surface area contributed by atoms with E-state index in [9.17, 15) is 23.2 Å². The zero-order valence-corrected chi connectivity index (χ0v) is 9.28. The molecule has 0 radical (unpaired) electrons. The smallest absolute Gasteiger partial charge is 0.230 e. The van der Waals surface area contributed by atoms with Crippen molar-refractivity contribution >= 4 is 17.6 Å². The van der Waals surface area contributed by atoms with E-state index in [2.05, 4.69) is 0 Å². The molecule has 0 atom stereocenters. The Morgan fingerprint density at radius 3 is 2.33 bits per heavy atom. The van der Waals surface area contributed by atoms with E-state index < -0.39 is 35.8 Å². The van der Waals surface area contributed by atoms with Crippen LogP contribution < -0.4 is 0 Å². The lowest BCUT2D eigenvalue weighted by molar-refractivity contribution is -0.137. The fourth-order valence-electron chi connectivity index (χ4n) is 1.74. The summed E-state index contributed by atoms with van der Waals surface area (Å²) < 4.78 is 26.0. The molecule has 0 aliphatic carbocycles. The van der Waals surface area contributed by atoms with Crippen LogP contribution in [0.1, 0.15) is 23.2 Å². The van der Waals surface area contributed by atoms with Gasteiger partial charge in [-0.15, -0.1) is 0 Å². The van der Waals surface area contributed by atoms with Gasteiger partial charge in [0, 0.05) is 18.9 Å². The molecular formula is C12H9F2NO3. The Balaban J connectivity index is 2.17. The highest BCUT2D eigenvalue weighted by atomic mass is 19.1. The first-order valence-corrected chi connectivity index (χ1v) is 5.30. The van der Waals surface area contributed by atoms with Crippen LogP contribution >= 0.6 is 0 Å². The summed E-state index contributed by atoms with van der Waals surface area (Å²) in [6.07, 6.45) is 0.135. The molecule has 2 rings (SSSR count). The summed E-state index contributed by atoms with van der Waals surface area (Å²) in [5.41, 5.74) is -0.330. The lowest BCUT2D eigenvalue weighted by atomic mass is 10.1. The van der Waals surface area contributed by atoms with Gasteiger partial charge in [0.15, 0.2) is 5.78 Å². The number of ketones is 1. The average Bonchev–Trinajstić information content (AvgIpc) is 2.60. The van der Waals surface area contributed by atoms with Crippen LogP contribution in [0.2, 0.25) is 0 Å². The first-order valence-electron chi connectivity index (χ1n) is 5.30. The molecule has 2 amide bonds. The fourth-order valence-corrected chi connectivity index (χ4v) is 1.74. The molecule has 6 heteroatoms. The number of hydrogen-bond acceptors (Lipinski definition) is 3. The number of imide groups is 1. The molecule has 18 heavy (non-hydrogen) atoms. The second kappa shape index (κ2) is 4.64. The fraction of sp³-hybridized carbons (Fsp3) is 0.250. The van der Waals surface area contributed by atoms with Gasteiger partial charge in [-0.3, -0.25) is 19.3 Å². The van der Waals surface area contributed by atoms with Gasteiger partial charge in [-0.1, -0.05) is 0 Å². The lowest BCUT2D eigenvalue weighted by Gasteiger charge is -2.12. The summed E-state index contributed by atoms with van der Waals surface area (Å²) in [7, 11) is 0. The van der Waals surface area contributed by atoms with Crippen molar-refractivity contribution in [3.63, 3.8) is 0 Å². The van der Waals surface area contributed by atoms with Gasteiger partial charge in [-0.25, -0.2) is 8.78 Å². The quantitative estimate of drug-likeness (QED) is 0.602. The number of carbonyl (C=O) groups excluding carboxylic acids is 3. The molecule has 0 saturated carbocycles. The summed E-state index contributed by atoms with van der Waals surface area (Å²) in [6.45, 7) is -0.500. The zero-order chi connectivity index (χ0) is 13.3. The Bertz CT molecular complexity index is 526. The third-order valence-electron chi connectivity index (χ3n) is 2.69. The maximum Gasteiger partial charge on any atom is 0.230 e. The summed E-state index contributed by atoms with van der Waals surface area (Å²) in [5.74, 6) is -3.42. The number of benzene rings is 1. The van der Waals surface area contributed by atoms with Gasteiger partial charge in [-0.2, -0.15) is 0 Å². The standard InChI is InChI=1S/C12H9F2NO3/c13-7-1-2-8(9(14)5-7)10(16)6-15-11(17)3-4-12(15)18/h1-2,5H,3-4,6H2. The van der Waals surface area contributed by atoms with Crippen molar-refractivity contribution in [2.75, 3.05) is 6.54 Å². The minimum Gasteiger partial charge on any atom is -0.292 e. The van der Waals surface area contributed by atoms with Gasteiger partial charge in [0.05, 0.1) is 12.1 Å².